The molecule has 0 aliphatic rings. The van der Waals surface area contributed by atoms with E-state index in [0.29, 0.717) is 11.6 Å². The molecule has 2 aromatic heterocycles. The van der Waals surface area contributed by atoms with Gasteiger partial charge in [-0.1, -0.05) is 0 Å². The third-order valence-electron chi connectivity index (χ3n) is 2.46. The van der Waals surface area contributed by atoms with Crippen LogP contribution in [0.4, 0.5) is 11.6 Å². The zero-order valence-electron chi connectivity index (χ0n) is 11.1. The Bertz CT molecular complexity index is 591. The third kappa shape index (κ3) is 3.25. The summed E-state index contributed by atoms with van der Waals surface area (Å²) in [6, 6.07) is 3.75. The zero-order chi connectivity index (χ0) is 13.8. The van der Waals surface area contributed by atoms with Crippen molar-refractivity contribution in [3.8, 4) is 0 Å². The number of nitrogens with one attached hydrogen (secondary N) is 2. The monoisotopic (exact) mass is 257 g/mol. The molecule has 2 N–H and O–H groups in total. The van der Waals surface area contributed by atoms with Crippen LogP contribution in [0, 0.1) is 13.8 Å². The summed E-state index contributed by atoms with van der Waals surface area (Å²) in [6.07, 6.45) is 2.96. The Labute approximate surface area is 111 Å². The van der Waals surface area contributed by atoms with Gasteiger partial charge in [-0.2, -0.15) is 0 Å². The molecule has 0 saturated carbocycles. The smallest absolute Gasteiger partial charge is 0.277 e. The minimum atomic E-state index is -0.331. The van der Waals surface area contributed by atoms with E-state index in [9.17, 15) is 4.79 Å². The molecule has 0 aliphatic carbocycles. The van der Waals surface area contributed by atoms with Gasteiger partial charge in [0.25, 0.3) is 5.91 Å². The molecule has 0 aromatic carbocycles. The van der Waals surface area contributed by atoms with Crippen LogP contribution in [-0.2, 0) is 0 Å². The number of pyridine rings is 1. The zero-order valence-corrected chi connectivity index (χ0v) is 11.1. The highest BCUT2D eigenvalue weighted by atomic mass is 16.1. The van der Waals surface area contributed by atoms with Crippen LogP contribution in [-0.4, -0.2) is 27.9 Å². The molecule has 0 spiro atoms. The van der Waals surface area contributed by atoms with Gasteiger partial charge >= 0.3 is 0 Å². The van der Waals surface area contributed by atoms with Crippen molar-refractivity contribution in [1.29, 1.82) is 0 Å². The second-order valence-electron chi connectivity index (χ2n) is 4.16. The van der Waals surface area contributed by atoms with Crippen molar-refractivity contribution in [2.75, 3.05) is 17.7 Å². The van der Waals surface area contributed by atoms with E-state index in [-0.39, 0.29) is 11.6 Å². The molecule has 6 heteroatoms. The maximum absolute atomic E-state index is 12.0. The van der Waals surface area contributed by atoms with E-state index in [1.807, 2.05) is 19.9 Å². The minimum absolute atomic E-state index is 0.243. The van der Waals surface area contributed by atoms with Crippen LogP contribution in [0.3, 0.4) is 0 Å². The number of aryl methyl sites for hydroxylation is 2. The Morgan fingerprint density at radius 1 is 1.11 bits per heavy atom. The third-order valence-corrected chi connectivity index (χ3v) is 2.46. The lowest BCUT2D eigenvalue weighted by Crippen LogP contribution is -2.16. The van der Waals surface area contributed by atoms with Crippen molar-refractivity contribution < 1.29 is 4.79 Å². The summed E-state index contributed by atoms with van der Waals surface area (Å²) >= 11 is 0. The summed E-state index contributed by atoms with van der Waals surface area (Å²) < 4.78 is 0. The van der Waals surface area contributed by atoms with E-state index in [1.54, 1.807) is 19.3 Å². The first-order valence-corrected chi connectivity index (χ1v) is 5.85. The summed E-state index contributed by atoms with van der Waals surface area (Å²) in [5.41, 5.74) is 2.14. The molecule has 6 nitrogen and oxygen atoms in total. The Kier molecular flexibility index (Phi) is 3.70. The van der Waals surface area contributed by atoms with Crippen LogP contribution in [0.5, 0.6) is 0 Å². The molecule has 0 fully saturated rings. The predicted molar refractivity (Wildman–Crippen MR) is 73.2 cm³/mol. The van der Waals surface area contributed by atoms with Gasteiger partial charge in [-0.15, -0.1) is 0 Å². The molecule has 0 aliphatic heterocycles. The summed E-state index contributed by atoms with van der Waals surface area (Å²) in [5.74, 6) is 0.724. The number of rotatable bonds is 3. The number of carbonyl (C=O) groups excluding carboxylic acids is 1. The Balaban J connectivity index is 2.20. The predicted octanol–water partition coefficient (Wildman–Crippen LogP) is 1.78. The van der Waals surface area contributed by atoms with Crippen LogP contribution in [0.2, 0.25) is 0 Å². The number of aromatic nitrogens is 3. The number of hydrogen-bond acceptors (Lipinski definition) is 5. The minimum Gasteiger partial charge on any atom is -0.372 e. The maximum Gasteiger partial charge on any atom is 0.277 e. The van der Waals surface area contributed by atoms with Gasteiger partial charge in [-0.25, -0.2) is 9.97 Å². The van der Waals surface area contributed by atoms with Crippen LogP contribution >= 0.6 is 0 Å². The van der Waals surface area contributed by atoms with Gasteiger partial charge in [0.05, 0.1) is 12.4 Å². The van der Waals surface area contributed by atoms with Gasteiger partial charge < -0.3 is 10.6 Å². The number of hydrogen-bond donors (Lipinski definition) is 2. The fourth-order valence-corrected chi connectivity index (χ4v) is 1.68. The van der Waals surface area contributed by atoms with E-state index >= 15 is 0 Å². The SMILES string of the molecule is CNc1cncc(C(=O)Nc2cc(C)cc(C)n2)n1. The van der Waals surface area contributed by atoms with Gasteiger partial charge in [-0.3, -0.25) is 9.78 Å². The summed E-state index contributed by atoms with van der Waals surface area (Å²) in [6.45, 7) is 3.83. The lowest BCUT2D eigenvalue weighted by molar-refractivity contribution is 0.102. The van der Waals surface area contributed by atoms with E-state index < -0.39 is 0 Å². The standard InChI is InChI=1S/C13H15N5O/c1-8-4-9(2)16-11(5-8)18-13(19)10-6-15-7-12(14-3)17-10/h4-7H,1-3H3,(H,14,17)(H,16,18,19). The van der Waals surface area contributed by atoms with E-state index in [4.69, 9.17) is 0 Å². The lowest BCUT2D eigenvalue weighted by Gasteiger charge is -2.06. The lowest BCUT2D eigenvalue weighted by atomic mass is 10.2. The van der Waals surface area contributed by atoms with Crippen molar-refractivity contribution in [2.24, 2.45) is 0 Å². The first-order chi connectivity index (χ1) is 9.08. The first kappa shape index (κ1) is 12.9. The highest BCUT2D eigenvalue weighted by Crippen LogP contribution is 2.10. The van der Waals surface area contributed by atoms with Crippen LogP contribution in [0.1, 0.15) is 21.7 Å². The molecule has 1 amide bonds. The fraction of sp³-hybridized carbons (Fsp3) is 0.231. The summed E-state index contributed by atoms with van der Waals surface area (Å²) in [4.78, 5) is 24.3. The quantitative estimate of drug-likeness (QED) is 0.876. The molecule has 0 unspecified atom stereocenters. The average molecular weight is 257 g/mol. The molecule has 0 atom stereocenters. The molecule has 0 saturated heterocycles. The van der Waals surface area contributed by atoms with Gasteiger partial charge in [-0.05, 0) is 31.5 Å². The highest BCUT2D eigenvalue weighted by Gasteiger charge is 2.10. The molecule has 19 heavy (non-hydrogen) atoms. The number of nitrogens with zero attached hydrogens (tertiary/aromatic N) is 3. The van der Waals surface area contributed by atoms with E-state index in [1.165, 1.54) is 6.20 Å². The van der Waals surface area contributed by atoms with Crippen molar-refractivity contribution in [3.63, 3.8) is 0 Å². The highest BCUT2D eigenvalue weighted by molar-refractivity contribution is 6.02. The Hall–Kier alpha value is -2.50. The fourth-order valence-electron chi connectivity index (χ4n) is 1.68. The van der Waals surface area contributed by atoms with Crippen molar-refractivity contribution >= 4 is 17.5 Å². The molecule has 0 radical (unpaired) electrons. The molecule has 0 bridgehead atoms. The molecule has 98 valence electrons. The number of anilines is 2. The maximum atomic E-state index is 12.0. The van der Waals surface area contributed by atoms with Crippen LogP contribution in [0.15, 0.2) is 24.5 Å². The summed E-state index contributed by atoms with van der Waals surface area (Å²) in [5, 5.41) is 5.55. The molecule has 2 aromatic rings. The Morgan fingerprint density at radius 3 is 2.58 bits per heavy atom. The summed E-state index contributed by atoms with van der Waals surface area (Å²) in [7, 11) is 1.72. The van der Waals surface area contributed by atoms with Gasteiger partial charge in [0.2, 0.25) is 0 Å². The van der Waals surface area contributed by atoms with E-state index in [0.717, 1.165) is 11.3 Å². The normalized spacial score (nSPS) is 10.1. The molecular formula is C13H15N5O. The number of amides is 1. The average Bonchev–Trinajstić information content (AvgIpc) is 2.37. The second kappa shape index (κ2) is 5.43. The van der Waals surface area contributed by atoms with Crippen LogP contribution < -0.4 is 10.6 Å². The molecular weight excluding hydrogens is 242 g/mol. The largest absolute Gasteiger partial charge is 0.372 e. The topological polar surface area (TPSA) is 79.8 Å². The second-order valence-corrected chi connectivity index (χ2v) is 4.16. The van der Waals surface area contributed by atoms with Gasteiger partial charge in [0, 0.05) is 12.7 Å². The van der Waals surface area contributed by atoms with Crippen molar-refractivity contribution in [1.82, 2.24) is 15.0 Å². The molecule has 2 heterocycles. The van der Waals surface area contributed by atoms with Gasteiger partial charge in [0.1, 0.15) is 17.3 Å². The van der Waals surface area contributed by atoms with Crippen molar-refractivity contribution in [3.05, 3.63) is 41.5 Å². The van der Waals surface area contributed by atoms with E-state index in [2.05, 4.69) is 25.6 Å². The Morgan fingerprint density at radius 2 is 1.89 bits per heavy atom. The van der Waals surface area contributed by atoms with Crippen molar-refractivity contribution in [2.45, 2.75) is 13.8 Å². The first-order valence-electron chi connectivity index (χ1n) is 5.85. The number of carbonyl (C=O) groups is 1. The van der Waals surface area contributed by atoms with Crippen LogP contribution in [0.25, 0.3) is 0 Å². The molecule has 2 rings (SSSR count). The van der Waals surface area contributed by atoms with Gasteiger partial charge in [0.15, 0.2) is 0 Å².